The first-order chi connectivity index (χ1) is 7.94. The molecule has 1 unspecified atom stereocenters. The molecular formula is C12H20ClF2NO. The summed E-state index contributed by atoms with van der Waals surface area (Å²) in [6.45, 7) is 2.52. The van der Waals surface area contributed by atoms with Crippen LogP contribution in [0.5, 0.6) is 0 Å². The Morgan fingerprint density at radius 2 is 2.06 bits per heavy atom. The molecule has 1 fully saturated rings. The molecule has 0 spiro atoms. The van der Waals surface area contributed by atoms with Gasteiger partial charge in [0.25, 0.3) is 0 Å². The molecule has 1 atom stereocenters. The average molecular weight is 268 g/mol. The minimum absolute atomic E-state index is 0.0750. The highest BCUT2D eigenvalue weighted by molar-refractivity contribution is 6.20. The third-order valence-electron chi connectivity index (χ3n) is 3.29. The van der Waals surface area contributed by atoms with E-state index in [0.29, 0.717) is 6.54 Å². The second-order valence-corrected chi connectivity index (χ2v) is 5.33. The predicted molar refractivity (Wildman–Crippen MR) is 64.5 cm³/mol. The molecule has 0 aromatic rings. The van der Waals surface area contributed by atoms with Crippen molar-refractivity contribution in [3.05, 3.63) is 0 Å². The summed E-state index contributed by atoms with van der Waals surface area (Å²) in [7, 11) is 0. The summed E-state index contributed by atoms with van der Waals surface area (Å²) in [4.78, 5) is 11.7. The van der Waals surface area contributed by atoms with Gasteiger partial charge in [-0.1, -0.05) is 6.92 Å². The second kappa shape index (κ2) is 6.53. The third kappa shape index (κ3) is 5.19. The van der Waals surface area contributed by atoms with Gasteiger partial charge in [-0.15, -0.1) is 11.6 Å². The van der Waals surface area contributed by atoms with Crippen molar-refractivity contribution in [1.29, 1.82) is 0 Å². The molecule has 0 heterocycles. The van der Waals surface area contributed by atoms with Crippen LogP contribution in [0.1, 0.15) is 45.4 Å². The lowest BCUT2D eigenvalue weighted by Crippen LogP contribution is -2.36. The molecule has 1 aliphatic rings. The molecule has 0 aromatic heterocycles. The van der Waals surface area contributed by atoms with Gasteiger partial charge in [0.15, 0.2) is 0 Å². The third-order valence-corrected chi connectivity index (χ3v) is 3.81. The number of rotatable bonds is 5. The molecule has 1 amide bonds. The monoisotopic (exact) mass is 267 g/mol. The molecule has 1 saturated carbocycles. The number of amides is 1. The van der Waals surface area contributed by atoms with Gasteiger partial charge in [-0.05, 0) is 25.7 Å². The highest BCUT2D eigenvalue weighted by Crippen LogP contribution is 2.36. The molecule has 0 aliphatic heterocycles. The largest absolute Gasteiger partial charge is 0.356 e. The minimum atomic E-state index is -2.57. The molecule has 0 radical (unpaired) electrons. The average Bonchev–Trinajstić information content (AvgIpc) is 2.28. The summed E-state index contributed by atoms with van der Waals surface area (Å²) in [5.74, 6) is -2.91. The molecule has 1 N–H and O–H groups in total. The van der Waals surface area contributed by atoms with Gasteiger partial charge in [-0.3, -0.25) is 4.79 Å². The van der Waals surface area contributed by atoms with E-state index >= 15 is 0 Å². The normalized spacial score (nSPS) is 22.1. The zero-order valence-corrected chi connectivity index (χ0v) is 10.9. The van der Waals surface area contributed by atoms with Gasteiger partial charge in [0.2, 0.25) is 11.8 Å². The Balaban J connectivity index is 2.21. The Bertz CT molecular complexity index is 251. The first-order valence-corrected chi connectivity index (χ1v) is 6.68. The molecule has 100 valence electrons. The number of hydrogen-bond donors (Lipinski definition) is 1. The van der Waals surface area contributed by atoms with E-state index in [2.05, 4.69) is 5.32 Å². The minimum Gasteiger partial charge on any atom is -0.356 e. The topological polar surface area (TPSA) is 29.1 Å². The molecule has 1 aliphatic carbocycles. The van der Waals surface area contributed by atoms with Gasteiger partial charge < -0.3 is 5.32 Å². The maximum Gasteiger partial charge on any atom is 0.248 e. The van der Waals surface area contributed by atoms with Crippen LogP contribution in [0.3, 0.4) is 0 Å². The summed E-state index contributed by atoms with van der Waals surface area (Å²) >= 11 is 5.92. The fourth-order valence-corrected chi connectivity index (χ4v) is 2.11. The van der Waals surface area contributed by atoms with Gasteiger partial charge in [-0.2, -0.15) is 0 Å². The van der Waals surface area contributed by atoms with Crippen LogP contribution in [-0.4, -0.2) is 23.8 Å². The highest BCUT2D eigenvalue weighted by Gasteiger charge is 2.37. The van der Waals surface area contributed by atoms with Crippen LogP contribution in [0.4, 0.5) is 8.78 Å². The molecule has 0 saturated heterocycles. The quantitative estimate of drug-likeness (QED) is 0.761. The zero-order chi connectivity index (χ0) is 12.9. The smallest absolute Gasteiger partial charge is 0.248 e. The number of halogens is 3. The van der Waals surface area contributed by atoms with Gasteiger partial charge in [0.1, 0.15) is 0 Å². The summed E-state index contributed by atoms with van der Waals surface area (Å²) in [6, 6.07) is 0. The van der Waals surface area contributed by atoms with Crippen LogP contribution < -0.4 is 5.32 Å². The Labute approximate surface area is 106 Å². The van der Waals surface area contributed by atoms with E-state index in [1.807, 2.05) is 6.92 Å². The number of hydrogen-bond acceptors (Lipinski definition) is 1. The molecule has 1 rings (SSSR count). The lowest BCUT2D eigenvalue weighted by atomic mass is 9.86. The predicted octanol–water partition coefficient (Wildman–Crippen LogP) is 3.34. The van der Waals surface area contributed by atoms with E-state index in [9.17, 15) is 13.6 Å². The number of nitrogens with one attached hydrogen (secondary N) is 1. The lowest BCUT2D eigenvalue weighted by Gasteiger charge is -2.27. The first kappa shape index (κ1) is 14.7. The molecule has 0 aromatic carbocycles. The highest BCUT2D eigenvalue weighted by atomic mass is 35.5. The Kier molecular flexibility index (Phi) is 5.63. The van der Waals surface area contributed by atoms with Gasteiger partial charge in [-0.25, -0.2) is 8.78 Å². The second-order valence-electron chi connectivity index (χ2n) is 4.72. The van der Waals surface area contributed by atoms with E-state index in [-0.39, 0.29) is 42.9 Å². The van der Waals surface area contributed by atoms with E-state index in [1.165, 1.54) is 0 Å². The molecular weight excluding hydrogens is 248 g/mol. The van der Waals surface area contributed by atoms with Crippen LogP contribution in [0.25, 0.3) is 0 Å². The Hall–Kier alpha value is -0.380. The van der Waals surface area contributed by atoms with Crippen molar-refractivity contribution in [2.45, 2.75) is 56.7 Å². The van der Waals surface area contributed by atoms with Crippen molar-refractivity contribution >= 4 is 17.5 Å². The maximum atomic E-state index is 12.9. The summed E-state index contributed by atoms with van der Waals surface area (Å²) in [5.41, 5.74) is 0. The molecule has 5 heteroatoms. The van der Waals surface area contributed by atoms with Crippen molar-refractivity contribution in [3.63, 3.8) is 0 Å². The zero-order valence-electron chi connectivity index (χ0n) is 10.1. The number of carbonyl (C=O) groups excluding carboxylic acids is 1. The van der Waals surface area contributed by atoms with Crippen LogP contribution in [0.15, 0.2) is 0 Å². The van der Waals surface area contributed by atoms with Gasteiger partial charge >= 0.3 is 0 Å². The lowest BCUT2D eigenvalue weighted by molar-refractivity contribution is -0.129. The molecule has 0 bridgehead atoms. The van der Waals surface area contributed by atoms with Crippen molar-refractivity contribution in [1.82, 2.24) is 5.32 Å². The summed E-state index contributed by atoms with van der Waals surface area (Å²) in [5, 5.41) is 2.85. The number of alkyl halides is 3. The van der Waals surface area contributed by atoms with Gasteiger partial charge in [0, 0.05) is 30.7 Å². The summed E-state index contributed by atoms with van der Waals surface area (Å²) < 4.78 is 25.8. The first-order valence-electron chi connectivity index (χ1n) is 6.24. The fourth-order valence-electron chi connectivity index (χ4n) is 2.00. The Morgan fingerprint density at radius 3 is 2.59 bits per heavy atom. The van der Waals surface area contributed by atoms with Crippen molar-refractivity contribution < 1.29 is 13.6 Å². The SMILES string of the molecule is CCC(Cl)CCNC(=O)C1CCC(F)(F)CC1. The van der Waals surface area contributed by atoms with Gasteiger partial charge in [0.05, 0.1) is 0 Å². The summed E-state index contributed by atoms with van der Waals surface area (Å²) in [6.07, 6.45) is 1.84. The van der Waals surface area contributed by atoms with Crippen molar-refractivity contribution in [2.24, 2.45) is 5.92 Å². The van der Waals surface area contributed by atoms with E-state index in [0.717, 1.165) is 12.8 Å². The Morgan fingerprint density at radius 1 is 1.47 bits per heavy atom. The van der Waals surface area contributed by atoms with Crippen LogP contribution >= 0.6 is 11.6 Å². The maximum absolute atomic E-state index is 12.9. The van der Waals surface area contributed by atoms with E-state index in [1.54, 1.807) is 0 Å². The van der Waals surface area contributed by atoms with Crippen LogP contribution in [0, 0.1) is 5.92 Å². The fraction of sp³-hybridized carbons (Fsp3) is 0.917. The van der Waals surface area contributed by atoms with Crippen molar-refractivity contribution in [3.8, 4) is 0 Å². The molecule has 17 heavy (non-hydrogen) atoms. The standard InChI is InChI=1S/C12H20ClF2NO/c1-2-10(13)5-8-16-11(17)9-3-6-12(14,15)7-4-9/h9-10H,2-8H2,1H3,(H,16,17). The van der Waals surface area contributed by atoms with E-state index in [4.69, 9.17) is 11.6 Å². The van der Waals surface area contributed by atoms with Crippen LogP contribution in [-0.2, 0) is 4.79 Å². The van der Waals surface area contributed by atoms with Crippen LogP contribution in [0.2, 0.25) is 0 Å². The number of carbonyl (C=O) groups is 1. The van der Waals surface area contributed by atoms with E-state index < -0.39 is 5.92 Å². The van der Waals surface area contributed by atoms with Crippen molar-refractivity contribution in [2.75, 3.05) is 6.54 Å². The molecule has 2 nitrogen and oxygen atoms in total.